The molecule has 25 heavy (non-hydrogen) atoms. The number of nitrogens with zero attached hydrogens (tertiary/aromatic N) is 2. The van der Waals surface area contributed by atoms with Crippen molar-refractivity contribution in [2.75, 3.05) is 5.32 Å². The average molecular weight is 365 g/mol. The van der Waals surface area contributed by atoms with Crippen LogP contribution in [0.25, 0.3) is 0 Å². The predicted octanol–water partition coefficient (Wildman–Crippen LogP) is 2.98. The van der Waals surface area contributed by atoms with Crippen LogP contribution in [-0.4, -0.2) is 24.1 Å². The molecule has 0 unspecified atom stereocenters. The minimum absolute atomic E-state index is 0.0417. The smallest absolute Gasteiger partial charge is 0.342 e. The Labute approximate surface area is 148 Å². The summed E-state index contributed by atoms with van der Waals surface area (Å²) in [7, 11) is -4.11. The van der Waals surface area contributed by atoms with Crippen LogP contribution in [0.3, 0.4) is 0 Å². The van der Waals surface area contributed by atoms with Gasteiger partial charge in [-0.25, -0.2) is 0 Å². The molecule has 0 bridgehead atoms. The predicted molar refractivity (Wildman–Crippen MR) is 95.3 cm³/mol. The number of aromatic nitrogens is 2. The SMILES string of the molecule is CC(=O)Nc1ccccc1OS(=O)(=O)c1c(C)nn(C(C)(C)C)c1C. The molecule has 1 N–H and O–H groups in total. The second-order valence-corrected chi connectivity index (χ2v) is 8.28. The molecule has 0 saturated heterocycles. The first-order chi connectivity index (χ1) is 11.4. The molecule has 0 aliphatic heterocycles. The number of carbonyl (C=O) groups is 1. The molecule has 0 atom stereocenters. The summed E-state index contributed by atoms with van der Waals surface area (Å²) in [5.41, 5.74) is 0.792. The lowest BCUT2D eigenvalue weighted by atomic mass is 10.1. The summed E-state index contributed by atoms with van der Waals surface area (Å²) in [4.78, 5) is 11.3. The third kappa shape index (κ3) is 4.01. The number of amides is 1. The molecule has 2 aromatic rings. The molecule has 8 heteroatoms. The lowest BCUT2D eigenvalue weighted by molar-refractivity contribution is -0.114. The van der Waals surface area contributed by atoms with Gasteiger partial charge in [-0.3, -0.25) is 9.48 Å². The minimum atomic E-state index is -4.11. The number of benzene rings is 1. The number of aryl methyl sites for hydroxylation is 1. The topological polar surface area (TPSA) is 90.3 Å². The minimum Gasteiger partial charge on any atom is -0.377 e. The Morgan fingerprint density at radius 3 is 2.32 bits per heavy atom. The van der Waals surface area contributed by atoms with Gasteiger partial charge in [0, 0.05) is 6.92 Å². The zero-order valence-corrected chi connectivity index (χ0v) is 16.1. The lowest BCUT2D eigenvalue weighted by Gasteiger charge is -2.21. The van der Waals surface area contributed by atoms with Crippen molar-refractivity contribution < 1.29 is 17.4 Å². The maximum absolute atomic E-state index is 12.8. The van der Waals surface area contributed by atoms with E-state index in [0.717, 1.165) is 0 Å². The van der Waals surface area contributed by atoms with Crippen LogP contribution in [0.4, 0.5) is 5.69 Å². The van der Waals surface area contributed by atoms with Gasteiger partial charge in [-0.2, -0.15) is 13.5 Å². The van der Waals surface area contributed by atoms with E-state index in [1.54, 1.807) is 36.7 Å². The van der Waals surface area contributed by atoms with Gasteiger partial charge in [0.15, 0.2) is 5.75 Å². The molecule has 0 spiro atoms. The van der Waals surface area contributed by atoms with Crippen LogP contribution >= 0.6 is 0 Å². The maximum Gasteiger partial charge on any atom is 0.342 e. The first-order valence-corrected chi connectivity index (χ1v) is 9.22. The molecule has 1 aromatic heterocycles. The van der Waals surface area contributed by atoms with Crippen LogP contribution in [0, 0.1) is 13.8 Å². The van der Waals surface area contributed by atoms with Gasteiger partial charge in [0.1, 0.15) is 4.90 Å². The van der Waals surface area contributed by atoms with Gasteiger partial charge in [0.2, 0.25) is 5.91 Å². The summed E-state index contributed by atoms with van der Waals surface area (Å²) in [6.45, 7) is 10.5. The number of carbonyl (C=O) groups excluding carboxylic acids is 1. The third-order valence-electron chi connectivity index (χ3n) is 3.51. The van der Waals surface area contributed by atoms with Crippen molar-refractivity contribution in [3.63, 3.8) is 0 Å². The van der Waals surface area contributed by atoms with Crippen LogP contribution in [0.15, 0.2) is 29.2 Å². The fourth-order valence-electron chi connectivity index (χ4n) is 2.64. The van der Waals surface area contributed by atoms with Gasteiger partial charge >= 0.3 is 10.1 Å². The average Bonchev–Trinajstić information content (AvgIpc) is 2.76. The number of hydrogen-bond donors (Lipinski definition) is 1. The highest BCUT2D eigenvalue weighted by Gasteiger charge is 2.30. The standard InChI is InChI=1S/C17H23N3O4S/c1-11-16(12(2)20(19-11)17(4,5)6)25(22,23)24-15-10-8-7-9-14(15)18-13(3)21/h7-10H,1-6H3,(H,18,21). The molecule has 7 nitrogen and oxygen atoms in total. The molecular formula is C17H23N3O4S. The molecule has 0 fully saturated rings. The van der Waals surface area contributed by atoms with Crippen molar-refractivity contribution in [3.8, 4) is 5.75 Å². The van der Waals surface area contributed by atoms with Gasteiger partial charge in [0.25, 0.3) is 0 Å². The van der Waals surface area contributed by atoms with Gasteiger partial charge in [-0.05, 0) is 46.8 Å². The first kappa shape index (κ1) is 19.0. The molecule has 1 heterocycles. The summed E-state index contributed by atoms with van der Waals surface area (Å²) in [6, 6.07) is 6.37. The Hall–Kier alpha value is -2.35. The highest BCUT2D eigenvalue weighted by atomic mass is 32.2. The van der Waals surface area contributed by atoms with Crippen molar-refractivity contribution >= 4 is 21.7 Å². The van der Waals surface area contributed by atoms with E-state index in [-0.39, 0.29) is 27.8 Å². The summed E-state index contributed by atoms with van der Waals surface area (Å²) in [6.07, 6.45) is 0. The molecule has 0 aliphatic carbocycles. The fraction of sp³-hybridized carbons (Fsp3) is 0.412. The zero-order valence-electron chi connectivity index (χ0n) is 15.2. The molecule has 136 valence electrons. The van der Waals surface area contributed by atoms with Crippen LogP contribution < -0.4 is 9.50 Å². The summed E-state index contributed by atoms with van der Waals surface area (Å²) >= 11 is 0. The monoisotopic (exact) mass is 365 g/mol. The van der Waals surface area contributed by atoms with E-state index >= 15 is 0 Å². The van der Waals surface area contributed by atoms with Gasteiger partial charge < -0.3 is 9.50 Å². The van der Waals surface area contributed by atoms with E-state index in [2.05, 4.69) is 10.4 Å². The largest absolute Gasteiger partial charge is 0.377 e. The normalized spacial score (nSPS) is 12.1. The van der Waals surface area contributed by atoms with Crippen LogP contribution in [0.1, 0.15) is 39.1 Å². The van der Waals surface area contributed by atoms with E-state index < -0.39 is 10.1 Å². The van der Waals surface area contributed by atoms with Crippen molar-refractivity contribution in [1.29, 1.82) is 0 Å². The van der Waals surface area contributed by atoms with Crippen molar-refractivity contribution in [3.05, 3.63) is 35.7 Å². The summed E-state index contributed by atoms with van der Waals surface area (Å²) < 4.78 is 32.6. The Balaban J connectivity index is 2.49. The van der Waals surface area contributed by atoms with E-state index in [4.69, 9.17) is 4.18 Å². The van der Waals surface area contributed by atoms with Gasteiger partial charge in [-0.15, -0.1) is 0 Å². The zero-order chi connectivity index (χ0) is 19.0. The van der Waals surface area contributed by atoms with Crippen molar-refractivity contribution in [1.82, 2.24) is 9.78 Å². The first-order valence-electron chi connectivity index (χ1n) is 7.81. The molecular weight excluding hydrogens is 342 g/mol. The number of anilines is 1. The Morgan fingerprint density at radius 2 is 1.80 bits per heavy atom. The van der Waals surface area contributed by atoms with E-state index in [1.165, 1.54) is 13.0 Å². The Morgan fingerprint density at radius 1 is 1.20 bits per heavy atom. The van der Waals surface area contributed by atoms with Gasteiger partial charge in [-0.1, -0.05) is 12.1 Å². The molecule has 0 saturated carbocycles. The van der Waals surface area contributed by atoms with E-state index in [0.29, 0.717) is 11.4 Å². The van der Waals surface area contributed by atoms with Crippen LogP contribution in [-0.2, 0) is 20.5 Å². The molecule has 1 aromatic carbocycles. The molecule has 0 aliphatic rings. The molecule has 2 rings (SSSR count). The fourth-order valence-corrected chi connectivity index (χ4v) is 3.95. The van der Waals surface area contributed by atoms with E-state index in [9.17, 15) is 13.2 Å². The second kappa shape index (κ2) is 6.51. The molecule has 0 radical (unpaired) electrons. The Kier molecular flexibility index (Phi) is 4.94. The number of nitrogens with one attached hydrogen (secondary N) is 1. The third-order valence-corrected chi connectivity index (χ3v) is 5.00. The summed E-state index contributed by atoms with van der Waals surface area (Å²) in [5, 5.41) is 6.90. The second-order valence-electron chi connectivity index (χ2n) is 6.80. The summed E-state index contributed by atoms with van der Waals surface area (Å²) in [5.74, 6) is -0.263. The van der Waals surface area contributed by atoms with Crippen LogP contribution in [0.2, 0.25) is 0 Å². The quantitative estimate of drug-likeness (QED) is 0.841. The number of rotatable bonds is 4. The van der Waals surface area contributed by atoms with Crippen molar-refractivity contribution in [2.45, 2.75) is 52.0 Å². The lowest BCUT2D eigenvalue weighted by Crippen LogP contribution is -2.25. The maximum atomic E-state index is 12.8. The highest BCUT2D eigenvalue weighted by Crippen LogP contribution is 2.31. The Bertz CT molecular complexity index is 908. The van der Waals surface area contributed by atoms with E-state index in [1.807, 2.05) is 20.8 Å². The van der Waals surface area contributed by atoms with Crippen molar-refractivity contribution in [2.24, 2.45) is 0 Å². The number of hydrogen-bond acceptors (Lipinski definition) is 5. The molecule has 1 amide bonds. The van der Waals surface area contributed by atoms with Gasteiger partial charge in [0.05, 0.1) is 22.6 Å². The highest BCUT2D eigenvalue weighted by molar-refractivity contribution is 7.87. The number of para-hydroxylation sites is 2. The van der Waals surface area contributed by atoms with Crippen LogP contribution in [0.5, 0.6) is 5.75 Å².